The lowest BCUT2D eigenvalue weighted by Crippen LogP contribution is -2.14. The van der Waals surface area contributed by atoms with Crippen molar-refractivity contribution in [2.75, 3.05) is 24.3 Å². The smallest absolute Gasteiger partial charge is 0.337 e. The topological polar surface area (TPSA) is 80.3 Å². The Morgan fingerprint density at radius 1 is 1.14 bits per heavy atom. The number of pyridine rings is 1. The van der Waals surface area contributed by atoms with Crippen LogP contribution < -0.4 is 10.6 Å². The molecule has 1 aliphatic carbocycles. The zero-order valence-electron chi connectivity index (χ0n) is 16.0. The van der Waals surface area contributed by atoms with Gasteiger partial charge in [-0.1, -0.05) is 17.7 Å². The maximum absolute atomic E-state index is 12.5. The summed E-state index contributed by atoms with van der Waals surface area (Å²) in [6.45, 7) is 0.797. The zero-order chi connectivity index (χ0) is 19.8. The molecule has 28 heavy (non-hydrogen) atoms. The molecule has 2 N–H and O–H groups in total. The molecule has 0 aliphatic heterocycles. The van der Waals surface area contributed by atoms with Gasteiger partial charge in [0.25, 0.3) is 5.91 Å². The van der Waals surface area contributed by atoms with Gasteiger partial charge in [0, 0.05) is 24.0 Å². The number of nitrogens with zero attached hydrogens (tertiary/aromatic N) is 1. The van der Waals surface area contributed by atoms with Crippen molar-refractivity contribution in [1.29, 1.82) is 0 Å². The number of carbonyl (C=O) groups excluding carboxylic acids is 2. The van der Waals surface area contributed by atoms with Gasteiger partial charge in [-0.25, -0.2) is 9.78 Å². The molecule has 6 heteroatoms. The molecule has 1 aromatic heterocycles. The monoisotopic (exact) mass is 379 g/mol. The van der Waals surface area contributed by atoms with Crippen molar-refractivity contribution in [2.24, 2.45) is 0 Å². The zero-order valence-corrected chi connectivity index (χ0v) is 16.0. The molecular formula is C22H25N3O3. The standard InChI is InChI=1S/C22H25N3O3/c1-28-22(27)18-8-5-9-19(14-18)25-21(26)17-11-13-24-20(15-17)23-12-10-16-6-3-2-4-7-16/h5-6,8-9,11,13-15H,2-4,7,10,12H2,1H3,(H,23,24)(H,25,26). The molecule has 0 radical (unpaired) electrons. The number of methoxy groups -OCH3 is 1. The SMILES string of the molecule is COC(=O)c1cccc(NC(=O)c2ccnc(NCCC3=CCCCC3)c2)c1. The maximum Gasteiger partial charge on any atom is 0.337 e. The third-order valence-electron chi connectivity index (χ3n) is 4.70. The molecule has 0 spiro atoms. The summed E-state index contributed by atoms with van der Waals surface area (Å²) in [5.41, 5.74) is 2.91. The number of rotatable bonds is 7. The first-order valence-corrected chi connectivity index (χ1v) is 9.53. The molecule has 0 bridgehead atoms. The van der Waals surface area contributed by atoms with E-state index in [-0.39, 0.29) is 5.91 Å². The van der Waals surface area contributed by atoms with Crippen LogP contribution >= 0.6 is 0 Å². The van der Waals surface area contributed by atoms with E-state index in [1.165, 1.54) is 38.4 Å². The van der Waals surface area contributed by atoms with Crippen LogP contribution in [0.4, 0.5) is 11.5 Å². The normalized spacial score (nSPS) is 13.4. The van der Waals surface area contributed by atoms with Crippen LogP contribution in [-0.4, -0.2) is 30.5 Å². The number of amides is 1. The molecule has 0 atom stereocenters. The minimum absolute atomic E-state index is 0.262. The van der Waals surface area contributed by atoms with E-state index >= 15 is 0 Å². The Labute approximate surface area is 165 Å². The predicted octanol–water partition coefficient (Wildman–Crippen LogP) is 4.42. The van der Waals surface area contributed by atoms with Crippen molar-refractivity contribution in [1.82, 2.24) is 4.98 Å². The second-order valence-electron chi connectivity index (χ2n) is 6.74. The highest BCUT2D eigenvalue weighted by molar-refractivity contribution is 6.05. The minimum atomic E-state index is -0.445. The fourth-order valence-electron chi connectivity index (χ4n) is 3.20. The van der Waals surface area contributed by atoms with Crippen LogP contribution in [0.1, 0.15) is 52.8 Å². The third kappa shape index (κ3) is 5.42. The number of carbonyl (C=O) groups is 2. The summed E-state index contributed by atoms with van der Waals surface area (Å²) in [6, 6.07) is 10.0. The number of ether oxygens (including phenoxy) is 1. The fraction of sp³-hybridized carbons (Fsp3) is 0.318. The Bertz CT molecular complexity index is 877. The first kappa shape index (κ1) is 19.6. The minimum Gasteiger partial charge on any atom is -0.465 e. The summed E-state index contributed by atoms with van der Waals surface area (Å²) in [5, 5.41) is 6.09. The van der Waals surface area contributed by atoms with E-state index < -0.39 is 5.97 Å². The molecule has 2 aromatic rings. The quantitative estimate of drug-likeness (QED) is 0.550. The van der Waals surface area contributed by atoms with E-state index in [1.807, 2.05) is 0 Å². The Kier molecular flexibility index (Phi) is 6.78. The Hall–Kier alpha value is -3.15. The summed E-state index contributed by atoms with van der Waals surface area (Å²) in [7, 11) is 1.32. The van der Waals surface area contributed by atoms with Gasteiger partial charge in [-0.2, -0.15) is 0 Å². The molecule has 1 aliphatic rings. The highest BCUT2D eigenvalue weighted by Gasteiger charge is 2.10. The van der Waals surface area contributed by atoms with Crippen molar-refractivity contribution in [3.8, 4) is 0 Å². The summed E-state index contributed by atoms with van der Waals surface area (Å²) in [5.74, 6) is -0.0330. The summed E-state index contributed by atoms with van der Waals surface area (Å²) in [4.78, 5) is 28.5. The number of anilines is 2. The molecule has 146 valence electrons. The van der Waals surface area contributed by atoms with E-state index in [9.17, 15) is 9.59 Å². The maximum atomic E-state index is 12.5. The van der Waals surface area contributed by atoms with Crippen molar-refractivity contribution >= 4 is 23.4 Å². The molecule has 0 saturated carbocycles. The number of hydrogen-bond acceptors (Lipinski definition) is 5. The van der Waals surface area contributed by atoms with Crippen LogP contribution in [-0.2, 0) is 4.74 Å². The number of aromatic nitrogens is 1. The highest BCUT2D eigenvalue weighted by atomic mass is 16.5. The Balaban J connectivity index is 1.59. The lowest BCUT2D eigenvalue weighted by Gasteiger charge is -2.13. The second kappa shape index (κ2) is 9.69. The molecule has 3 rings (SSSR count). The van der Waals surface area contributed by atoms with Crippen molar-refractivity contribution in [3.63, 3.8) is 0 Å². The van der Waals surface area contributed by atoms with Gasteiger partial charge in [0.1, 0.15) is 5.82 Å². The van der Waals surface area contributed by atoms with E-state index in [2.05, 4.69) is 21.7 Å². The van der Waals surface area contributed by atoms with Crippen molar-refractivity contribution < 1.29 is 14.3 Å². The van der Waals surface area contributed by atoms with E-state index in [1.54, 1.807) is 42.6 Å². The van der Waals surface area contributed by atoms with Gasteiger partial charge >= 0.3 is 5.97 Å². The number of hydrogen-bond donors (Lipinski definition) is 2. The second-order valence-corrected chi connectivity index (χ2v) is 6.74. The summed E-state index contributed by atoms with van der Waals surface area (Å²) in [6.07, 6.45) is 9.88. The largest absolute Gasteiger partial charge is 0.465 e. The van der Waals surface area contributed by atoms with E-state index in [4.69, 9.17) is 4.74 Å². The van der Waals surface area contributed by atoms with Crippen LogP contribution in [0.3, 0.4) is 0 Å². The van der Waals surface area contributed by atoms with Crippen LogP contribution in [0, 0.1) is 0 Å². The lowest BCUT2D eigenvalue weighted by atomic mass is 9.97. The molecule has 0 unspecified atom stereocenters. The lowest BCUT2D eigenvalue weighted by molar-refractivity contribution is 0.0600. The van der Waals surface area contributed by atoms with Crippen molar-refractivity contribution in [2.45, 2.75) is 32.1 Å². The number of esters is 1. The van der Waals surface area contributed by atoms with Gasteiger partial charge in [0.05, 0.1) is 12.7 Å². The number of benzene rings is 1. The van der Waals surface area contributed by atoms with Crippen LogP contribution in [0.5, 0.6) is 0 Å². The van der Waals surface area contributed by atoms with Gasteiger partial charge < -0.3 is 15.4 Å². The Morgan fingerprint density at radius 2 is 2.04 bits per heavy atom. The summed E-state index contributed by atoms with van der Waals surface area (Å²) < 4.78 is 4.71. The first-order valence-electron chi connectivity index (χ1n) is 9.53. The summed E-state index contributed by atoms with van der Waals surface area (Å²) >= 11 is 0. The fourth-order valence-corrected chi connectivity index (χ4v) is 3.20. The first-order chi connectivity index (χ1) is 13.7. The van der Waals surface area contributed by atoms with Gasteiger partial charge in [-0.3, -0.25) is 4.79 Å². The van der Waals surface area contributed by atoms with E-state index in [0.29, 0.717) is 22.6 Å². The molecule has 0 fully saturated rings. The van der Waals surface area contributed by atoms with Crippen LogP contribution in [0.25, 0.3) is 0 Å². The highest BCUT2D eigenvalue weighted by Crippen LogP contribution is 2.20. The number of allylic oxidation sites excluding steroid dienone is 1. The third-order valence-corrected chi connectivity index (χ3v) is 4.70. The van der Waals surface area contributed by atoms with Crippen molar-refractivity contribution in [3.05, 3.63) is 65.4 Å². The Morgan fingerprint density at radius 3 is 2.82 bits per heavy atom. The molecule has 1 amide bonds. The number of nitrogens with one attached hydrogen (secondary N) is 2. The van der Waals surface area contributed by atoms with Gasteiger partial charge in [-0.15, -0.1) is 0 Å². The van der Waals surface area contributed by atoms with E-state index in [0.717, 1.165) is 13.0 Å². The average Bonchev–Trinajstić information content (AvgIpc) is 2.74. The molecular weight excluding hydrogens is 354 g/mol. The van der Waals surface area contributed by atoms with Crippen LogP contribution in [0.2, 0.25) is 0 Å². The average molecular weight is 379 g/mol. The predicted molar refractivity (Wildman–Crippen MR) is 110 cm³/mol. The van der Waals surface area contributed by atoms with Gasteiger partial charge in [0.2, 0.25) is 0 Å². The van der Waals surface area contributed by atoms with Gasteiger partial charge in [-0.05, 0) is 62.4 Å². The molecule has 0 saturated heterocycles. The van der Waals surface area contributed by atoms with Gasteiger partial charge in [0.15, 0.2) is 0 Å². The molecule has 1 aromatic carbocycles. The van der Waals surface area contributed by atoms with Crippen LogP contribution in [0.15, 0.2) is 54.2 Å². The molecule has 6 nitrogen and oxygen atoms in total. The molecule has 1 heterocycles.